The van der Waals surface area contributed by atoms with Crippen LogP contribution in [0.4, 0.5) is 0 Å². The average molecular weight is 277 g/mol. The Bertz CT molecular complexity index is 433. The average Bonchev–Trinajstić information content (AvgIpc) is 2.96. The molecule has 1 aromatic rings. The van der Waals surface area contributed by atoms with Gasteiger partial charge in [0.1, 0.15) is 5.82 Å². The van der Waals surface area contributed by atoms with Gasteiger partial charge in [0.15, 0.2) is 0 Å². The van der Waals surface area contributed by atoms with E-state index in [1.807, 2.05) is 6.20 Å². The third kappa shape index (κ3) is 2.50. The van der Waals surface area contributed by atoms with Gasteiger partial charge >= 0.3 is 0 Å². The van der Waals surface area contributed by atoms with E-state index < -0.39 is 0 Å². The maximum atomic E-state index is 6.20. The Morgan fingerprint density at radius 3 is 2.75 bits per heavy atom. The van der Waals surface area contributed by atoms with Gasteiger partial charge in [0, 0.05) is 37.6 Å². The van der Waals surface area contributed by atoms with Crippen LogP contribution in [0.2, 0.25) is 0 Å². The first-order valence-electron chi connectivity index (χ1n) is 7.95. The van der Waals surface area contributed by atoms with E-state index in [1.54, 1.807) is 0 Å². The molecule has 0 bridgehead atoms. The molecule has 1 saturated heterocycles. The zero-order chi connectivity index (χ0) is 14.0. The first-order chi connectivity index (χ1) is 9.77. The molecule has 0 spiro atoms. The highest BCUT2D eigenvalue weighted by Crippen LogP contribution is 2.31. The fourth-order valence-corrected chi connectivity index (χ4v) is 3.74. The maximum absolute atomic E-state index is 6.20. The maximum Gasteiger partial charge on any atom is 0.122 e. The SMILES string of the molecule is CCCN1CCC(CN)(N2CCn3ccnc3C2)CC1. The third-order valence-electron chi connectivity index (χ3n) is 5.12. The molecule has 5 nitrogen and oxygen atoms in total. The Morgan fingerprint density at radius 1 is 1.25 bits per heavy atom. The van der Waals surface area contributed by atoms with Gasteiger partial charge in [-0.25, -0.2) is 4.98 Å². The van der Waals surface area contributed by atoms with Crippen LogP contribution in [0.1, 0.15) is 32.0 Å². The molecule has 3 heterocycles. The largest absolute Gasteiger partial charge is 0.333 e. The highest BCUT2D eigenvalue weighted by atomic mass is 15.3. The summed E-state index contributed by atoms with van der Waals surface area (Å²) in [6.07, 6.45) is 7.65. The number of nitrogens with zero attached hydrogens (tertiary/aromatic N) is 4. The highest BCUT2D eigenvalue weighted by Gasteiger charge is 2.39. The molecule has 0 saturated carbocycles. The Balaban J connectivity index is 1.68. The molecule has 0 amide bonds. The van der Waals surface area contributed by atoms with Crippen molar-refractivity contribution >= 4 is 0 Å². The van der Waals surface area contributed by atoms with Gasteiger partial charge in [-0.3, -0.25) is 4.90 Å². The van der Waals surface area contributed by atoms with Crippen molar-refractivity contribution in [2.75, 3.05) is 32.7 Å². The minimum Gasteiger partial charge on any atom is -0.333 e. The molecule has 2 N–H and O–H groups in total. The topological polar surface area (TPSA) is 50.3 Å². The molecule has 5 heteroatoms. The van der Waals surface area contributed by atoms with Gasteiger partial charge in [-0.05, 0) is 38.9 Å². The first-order valence-corrected chi connectivity index (χ1v) is 7.95. The molecule has 0 radical (unpaired) electrons. The monoisotopic (exact) mass is 277 g/mol. The molecule has 2 aliphatic heterocycles. The summed E-state index contributed by atoms with van der Waals surface area (Å²) < 4.78 is 2.27. The lowest BCUT2D eigenvalue weighted by atomic mass is 9.85. The molecule has 20 heavy (non-hydrogen) atoms. The Morgan fingerprint density at radius 2 is 2.05 bits per heavy atom. The summed E-state index contributed by atoms with van der Waals surface area (Å²) in [6.45, 7) is 9.75. The fourth-order valence-electron chi connectivity index (χ4n) is 3.74. The van der Waals surface area contributed by atoms with E-state index in [-0.39, 0.29) is 5.54 Å². The summed E-state index contributed by atoms with van der Waals surface area (Å²) in [5.41, 5.74) is 6.39. The van der Waals surface area contributed by atoms with Crippen LogP contribution in [-0.4, -0.2) is 57.6 Å². The van der Waals surface area contributed by atoms with Crippen molar-refractivity contribution in [2.24, 2.45) is 5.73 Å². The van der Waals surface area contributed by atoms with E-state index in [9.17, 15) is 0 Å². The van der Waals surface area contributed by atoms with Gasteiger partial charge in [0.25, 0.3) is 0 Å². The van der Waals surface area contributed by atoms with Gasteiger partial charge in [-0.15, -0.1) is 0 Å². The quantitative estimate of drug-likeness (QED) is 0.888. The number of rotatable bonds is 4. The van der Waals surface area contributed by atoms with Crippen LogP contribution in [0.25, 0.3) is 0 Å². The van der Waals surface area contributed by atoms with Crippen LogP contribution in [-0.2, 0) is 13.1 Å². The standard InChI is InChI=1S/C15H27N5/c1-2-6-18-7-3-15(13-16,4-8-18)20-11-10-19-9-5-17-14(19)12-20/h5,9H,2-4,6-8,10-13,16H2,1H3. The second-order valence-corrected chi connectivity index (χ2v) is 6.23. The number of nitrogens with two attached hydrogens (primary N) is 1. The van der Waals surface area contributed by atoms with E-state index >= 15 is 0 Å². The molecule has 0 atom stereocenters. The van der Waals surface area contributed by atoms with Crippen molar-refractivity contribution in [3.63, 3.8) is 0 Å². The number of imidazole rings is 1. The summed E-state index contributed by atoms with van der Waals surface area (Å²) in [6, 6.07) is 0. The highest BCUT2D eigenvalue weighted by molar-refractivity contribution is 5.03. The van der Waals surface area contributed by atoms with Crippen molar-refractivity contribution in [3.8, 4) is 0 Å². The van der Waals surface area contributed by atoms with Gasteiger partial charge in [-0.1, -0.05) is 6.92 Å². The second-order valence-electron chi connectivity index (χ2n) is 6.23. The van der Waals surface area contributed by atoms with Crippen molar-refractivity contribution < 1.29 is 0 Å². The number of hydrogen-bond donors (Lipinski definition) is 1. The van der Waals surface area contributed by atoms with Crippen molar-refractivity contribution in [3.05, 3.63) is 18.2 Å². The number of aromatic nitrogens is 2. The molecule has 3 rings (SSSR count). The molecule has 1 aromatic heterocycles. The smallest absolute Gasteiger partial charge is 0.122 e. The van der Waals surface area contributed by atoms with Gasteiger partial charge < -0.3 is 15.2 Å². The number of fused-ring (bicyclic) bond motifs is 1. The summed E-state index contributed by atoms with van der Waals surface area (Å²) in [5, 5.41) is 0. The molecule has 112 valence electrons. The van der Waals surface area contributed by atoms with Crippen LogP contribution in [0.15, 0.2) is 12.4 Å². The van der Waals surface area contributed by atoms with Crippen LogP contribution < -0.4 is 5.73 Å². The Labute approximate surface area is 121 Å². The summed E-state index contributed by atoms with van der Waals surface area (Å²) in [5.74, 6) is 1.19. The van der Waals surface area contributed by atoms with Crippen LogP contribution >= 0.6 is 0 Å². The van der Waals surface area contributed by atoms with Crippen molar-refractivity contribution in [1.29, 1.82) is 0 Å². The molecule has 0 aliphatic carbocycles. The van der Waals surface area contributed by atoms with Crippen molar-refractivity contribution in [1.82, 2.24) is 19.4 Å². The molecule has 2 aliphatic rings. The van der Waals surface area contributed by atoms with Crippen LogP contribution in [0.3, 0.4) is 0 Å². The number of piperidine rings is 1. The van der Waals surface area contributed by atoms with Crippen LogP contribution in [0.5, 0.6) is 0 Å². The Hall–Kier alpha value is -0.910. The zero-order valence-electron chi connectivity index (χ0n) is 12.6. The lowest BCUT2D eigenvalue weighted by Crippen LogP contribution is -2.60. The predicted octanol–water partition coefficient (Wildman–Crippen LogP) is 0.902. The number of likely N-dealkylation sites (tertiary alicyclic amines) is 1. The molecule has 1 fully saturated rings. The van der Waals surface area contributed by atoms with E-state index in [1.165, 1.54) is 44.7 Å². The van der Waals surface area contributed by atoms with Gasteiger partial charge in [-0.2, -0.15) is 0 Å². The van der Waals surface area contributed by atoms with E-state index in [0.717, 1.165) is 26.2 Å². The molecule has 0 aromatic carbocycles. The van der Waals surface area contributed by atoms with Crippen LogP contribution in [0, 0.1) is 0 Å². The van der Waals surface area contributed by atoms with Crippen molar-refractivity contribution in [2.45, 2.75) is 44.8 Å². The third-order valence-corrected chi connectivity index (χ3v) is 5.12. The van der Waals surface area contributed by atoms with E-state index in [0.29, 0.717) is 0 Å². The molecule has 0 unspecified atom stereocenters. The minimum atomic E-state index is 0.196. The first kappa shape index (κ1) is 14.0. The summed E-state index contributed by atoms with van der Waals surface area (Å²) >= 11 is 0. The fraction of sp³-hybridized carbons (Fsp3) is 0.800. The molecular formula is C15H27N5. The second kappa shape index (κ2) is 5.84. The normalized spacial score (nSPS) is 23.7. The molecular weight excluding hydrogens is 250 g/mol. The zero-order valence-corrected chi connectivity index (χ0v) is 12.6. The van der Waals surface area contributed by atoms with E-state index in [4.69, 9.17) is 5.73 Å². The number of hydrogen-bond acceptors (Lipinski definition) is 4. The summed E-state index contributed by atoms with van der Waals surface area (Å²) in [4.78, 5) is 9.66. The Kier molecular flexibility index (Phi) is 4.10. The van der Waals surface area contributed by atoms with Gasteiger partial charge in [0.2, 0.25) is 0 Å². The van der Waals surface area contributed by atoms with E-state index in [2.05, 4.69) is 32.5 Å². The summed E-state index contributed by atoms with van der Waals surface area (Å²) in [7, 11) is 0. The lowest BCUT2D eigenvalue weighted by molar-refractivity contribution is 0.00767. The predicted molar refractivity (Wildman–Crippen MR) is 80.4 cm³/mol. The lowest BCUT2D eigenvalue weighted by Gasteiger charge is -2.49. The minimum absolute atomic E-state index is 0.196. The van der Waals surface area contributed by atoms with Gasteiger partial charge in [0.05, 0.1) is 6.54 Å².